The first-order valence-electron chi connectivity index (χ1n) is 7.47. The van der Waals surface area contributed by atoms with Crippen molar-refractivity contribution in [1.29, 1.82) is 0 Å². The summed E-state index contributed by atoms with van der Waals surface area (Å²) < 4.78 is 1.77. The maximum atomic E-state index is 12.2. The number of rotatable bonds is 6. The Hall–Kier alpha value is -2.10. The van der Waals surface area contributed by atoms with E-state index in [1.807, 2.05) is 36.5 Å². The van der Waals surface area contributed by atoms with E-state index in [4.69, 9.17) is 0 Å². The van der Waals surface area contributed by atoms with Crippen molar-refractivity contribution in [2.24, 2.45) is 5.92 Å². The molecule has 0 aliphatic heterocycles. The molecule has 112 valence electrons. The smallest absolute Gasteiger partial charge is 0.251 e. The summed E-state index contributed by atoms with van der Waals surface area (Å²) in [6, 6.07) is 9.55. The molecule has 1 N–H and O–H groups in total. The third-order valence-corrected chi connectivity index (χ3v) is 3.45. The zero-order valence-corrected chi connectivity index (χ0v) is 12.9. The lowest BCUT2D eigenvalue weighted by Gasteiger charge is -2.15. The fraction of sp³-hybridized carbons (Fsp3) is 0.412. The number of amides is 1. The van der Waals surface area contributed by atoms with Crippen molar-refractivity contribution in [3.63, 3.8) is 0 Å². The minimum absolute atomic E-state index is 0.0155. The van der Waals surface area contributed by atoms with Gasteiger partial charge in [0.05, 0.1) is 5.69 Å². The minimum Gasteiger partial charge on any atom is -0.350 e. The van der Waals surface area contributed by atoms with E-state index in [1.165, 1.54) is 0 Å². The Morgan fingerprint density at radius 3 is 2.48 bits per heavy atom. The third kappa shape index (κ3) is 4.45. The fourth-order valence-corrected chi connectivity index (χ4v) is 2.15. The molecule has 0 fully saturated rings. The summed E-state index contributed by atoms with van der Waals surface area (Å²) in [4.78, 5) is 12.2. The lowest BCUT2D eigenvalue weighted by atomic mass is 10.0. The topological polar surface area (TPSA) is 46.9 Å². The van der Waals surface area contributed by atoms with Crippen molar-refractivity contribution >= 4 is 5.91 Å². The Morgan fingerprint density at radius 1 is 1.19 bits per heavy atom. The Bertz CT molecular complexity index is 558. The second-order valence-corrected chi connectivity index (χ2v) is 5.84. The molecule has 4 heteroatoms. The molecule has 0 bridgehead atoms. The maximum Gasteiger partial charge on any atom is 0.251 e. The lowest BCUT2D eigenvalue weighted by Crippen LogP contribution is -2.32. The number of benzene rings is 1. The van der Waals surface area contributed by atoms with E-state index in [0.29, 0.717) is 11.5 Å². The predicted octanol–water partition coefficient (Wildman–Crippen LogP) is 3.43. The van der Waals surface area contributed by atoms with E-state index < -0.39 is 0 Å². The summed E-state index contributed by atoms with van der Waals surface area (Å²) in [6.07, 6.45) is 5.74. The molecule has 1 heterocycles. The number of carbonyl (C=O) groups excluding carboxylic acids is 1. The first kappa shape index (κ1) is 15.3. The van der Waals surface area contributed by atoms with E-state index in [-0.39, 0.29) is 11.9 Å². The van der Waals surface area contributed by atoms with Gasteiger partial charge in [0.1, 0.15) is 0 Å². The van der Waals surface area contributed by atoms with Crippen LogP contribution < -0.4 is 5.32 Å². The fourth-order valence-electron chi connectivity index (χ4n) is 2.15. The van der Waals surface area contributed by atoms with Gasteiger partial charge in [-0.05, 0) is 56.0 Å². The van der Waals surface area contributed by atoms with Crippen LogP contribution in [0.25, 0.3) is 5.69 Å². The third-order valence-electron chi connectivity index (χ3n) is 3.45. The minimum atomic E-state index is -0.0155. The molecular weight excluding hydrogens is 262 g/mol. The highest BCUT2D eigenvalue weighted by molar-refractivity contribution is 5.94. The van der Waals surface area contributed by atoms with Gasteiger partial charge in [0.15, 0.2) is 0 Å². The van der Waals surface area contributed by atoms with Gasteiger partial charge in [-0.1, -0.05) is 13.8 Å². The second-order valence-electron chi connectivity index (χ2n) is 5.84. The monoisotopic (exact) mass is 285 g/mol. The first-order valence-corrected chi connectivity index (χ1v) is 7.47. The van der Waals surface area contributed by atoms with Crippen LogP contribution in [-0.4, -0.2) is 21.7 Å². The normalized spacial score (nSPS) is 12.4. The van der Waals surface area contributed by atoms with Gasteiger partial charge in [0.25, 0.3) is 5.91 Å². The van der Waals surface area contributed by atoms with Gasteiger partial charge in [-0.15, -0.1) is 0 Å². The van der Waals surface area contributed by atoms with Gasteiger partial charge in [0, 0.05) is 24.0 Å². The van der Waals surface area contributed by atoms with Crippen LogP contribution in [0, 0.1) is 5.92 Å². The maximum absolute atomic E-state index is 12.2. The number of carbonyl (C=O) groups is 1. The Balaban J connectivity index is 1.94. The summed E-state index contributed by atoms with van der Waals surface area (Å²) in [7, 11) is 0. The molecule has 2 aromatic rings. The van der Waals surface area contributed by atoms with Crippen LogP contribution >= 0.6 is 0 Å². The van der Waals surface area contributed by atoms with Crippen molar-refractivity contribution in [2.45, 2.75) is 39.7 Å². The van der Waals surface area contributed by atoms with Crippen LogP contribution in [0.15, 0.2) is 42.7 Å². The van der Waals surface area contributed by atoms with Crippen LogP contribution in [0.4, 0.5) is 0 Å². The zero-order chi connectivity index (χ0) is 15.2. The average Bonchev–Trinajstić information content (AvgIpc) is 2.99. The van der Waals surface area contributed by atoms with Crippen LogP contribution in [0.2, 0.25) is 0 Å². The summed E-state index contributed by atoms with van der Waals surface area (Å²) in [6.45, 7) is 6.45. The van der Waals surface area contributed by atoms with Crippen LogP contribution in [-0.2, 0) is 0 Å². The standard InChI is InChI=1S/C17H23N3O/c1-13(2)5-6-14(3)19-17(21)15-7-9-16(10-8-15)20-12-4-11-18-20/h4,7-14H,5-6H2,1-3H3,(H,19,21)/t14-/m0/s1. The number of aromatic nitrogens is 2. The van der Waals surface area contributed by atoms with E-state index in [1.54, 1.807) is 10.9 Å². The molecule has 4 nitrogen and oxygen atoms in total. The van der Waals surface area contributed by atoms with E-state index in [9.17, 15) is 4.79 Å². The molecule has 0 saturated carbocycles. The molecule has 1 atom stereocenters. The Kier molecular flexibility index (Phi) is 5.14. The molecule has 0 saturated heterocycles. The first-order chi connectivity index (χ1) is 10.1. The van der Waals surface area contributed by atoms with E-state index in [0.717, 1.165) is 18.5 Å². The molecule has 0 aliphatic rings. The number of nitrogens with one attached hydrogen (secondary N) is 1. The largest absolute Gasteiger partial charge is 0.350 e. The number of hydrogen-bond donors (Lipinski definition) is 1. The number of hydrogen-bond acceptors (Lipinski definition) is 2. The lowest BCUT2D eigenvalue weighted by molar-refractivity contribution is 0.0937. The second kappa shape index (κ2) is 7.07. The molecule has 1 amide bonds. The molecule has 0 unspecified atom stereocenters. The van der Waals surface area contributed by atoms with Crippen molar-refractivity contribution in [1.82, 2.24) is 15.1 Å². The van der Waals surface area contributed by atoms with Gasteiger partial charge in [0.2, 0.25) is 0 Å². The molecule has 0 aliphatic carbocycles. The highest BCUT2D eigenvalue weighted by Crippen LogP contribution is 2.10. The summed E-state index contributed by atoms with van der Waals surface area (Å²) >= 11 is 0. The van der Waals surface area contributed by atoms with Gasteiger partial charge in [-0.3, -0.25) is 4.79 Å². The SMILES string of the molecule is CC(C)CC[C@H](C)NC(=O)c1ccc(-n2cccn2)cc1. The molecule has 21 heavy (non-hydrogen) atoms. The van der Waals surface area contributed by atoms with Crippen LogP contribution in [0.1, 0.15) is 44.0 Å². The van der Waals surface area contributed by atoms with Gasteiger partial charge >= 0.3 is 0 Å². The van der Waals surface area contributed by atoms with Crippen LogP contribution in [0.3, 0.4) is 0 Å². The van der Waals surface area contributed by atoms with Crippen molar-refractivity contribution < 1.29 is 4.79 Å². The summed E-state index contributed by atoms with van der Waals surface area (Å²) in [5, 5.41) is 7.21. The number of nitrogens with zero attached hydrogens (tertiary/aromatic N) is 2. The van der Waals surface area contributed by atoms with Crippen molar-refractivity contribution in [3.8, 4) is 5.69 Å². The molecule has 1 aromatic carbocycles. The van der Waals surface area contributed by atoms with Crippen molar-refractivity contribution in [3.05, 3.63) is 48.3 Å². The summed E-state index contributed by atoms with van der Waals surface area (Å²) in [5.74, 6) is 0.649. The molecule has 0 radical (unpaired) electrons. The molecular formula is C17H23N3O. The van der Waals surface area contributed by atoms with Crippen LogP contribution in [0.5, 0.6) is 0 Å². The highest BCUT2D eigenvalue weighted by atomic mass is 16.1. The molecule has 2 rings (SSSR count). The summed E-state index contributed by atoms with van der Waals surface area (Å²) in [5.41, 5.74) is 1.63. The average molecular weight is 285 g/mol. The van der Waals surface area contributed by atoms with E-state index in [2.05, 4.69) is 31.2 Å². The Labute approximate surface area is 126 Å². The van der Waals surface area contributed by atoms with Gasteiger partial charge < -0.3 is 5.32 Å². The van der Waals surface area contributed by atoms with Crippen molar-refractivity contribution in [2.75, 3.05) is 0 Å². The van der Waals surface area contributed by atoms with E-state index >= 15 is 0 Å². The quantitative estimate of drug-likeness (QED) is 0.884. The molecule has 1 aromatic heterocycles. The molecule has 0 spiro atoms. The zero-order valence-electron chi connectivity index (χ0n) is 12.9. The van der Waals surface area contributed by atoms with Gasteiger partial charge in [-0.2, -0.15) is 5.10 Å². The Morgan fingerprint density at radius 2 is 1.90 bits per heavy atom. The van der Waals surface area contributed by atoms with Gasteiger partial charge in [-0.25, -0.2) is 4.68 Å². The highest BCUT2D eigenvalue weighted by Gasteiger charge is 2.10. The predicted molar refractivity (Wildman–Crippen MR) is 84.6 cm³/mol.